The van der Waals surface area contributed by atoms with Gasteiger partial charge >= 0.3 is 0 Å². The minimum atomic E-state index is -0.842. The lowest BCUT2D eigenvalue weighted by atomic mass is 9.97. The first kappa shape index (κ1) is 22.3. The number of Topliss-reactive ketones (excluding diaryl/α,β-unsaturated/α-hetero) is 1. The first-order valence-corrected chi connectivity index (χ1v) is 11.0. The monoisotopic (exact) mass is 442 g/mol. The molecule has 1 aliphatic heterocycles. The lowest BCUT2D eigenvalue weighted by Gasteiger charge is -2.24. The number of hydrogen-bond acceptors (Lipinski definition) is 5. The van der Waals surface area contributed by atoms with Gasteiger partial charge in [0.1, 0.15) is 17.6 Å². The fourth-order valence-electron chi connectivity index (χ4n) is 4.08. The summed E-state index contributed by atoms with van der Waals surface area (Å²) in [5, 5.41) is 11.2. The van der Waals surface area contributed by atoms with Crippen LogP contribution in [0.2, 0.25) is 0 Å². The van der Waals surface area contributed by atoms with Gasteiger partial charge in [-0.2, -0.15) is 0 Å². The van der Waals surface area contributed by atoms with Crippen LogP contribution in [0.1, 0.15) is 42.3 Å². The van der Waals surface area contributed by atoms with Gasteiger partial charge in [0.25, 0.3) is 11.7 Å². The highest BCUT2D eigenvalue weighted by Gasteiger charge is 2.47. The molecule has 6 nitrogen and oxygen atoms in total. The van der Waals surface area contributed by atoms with E-state index in [-0.39, 0.29) is 11.3 Å². The molecule has 1 N–H and O–H groups in total. The Balaban J connectivity index is 1.88. The van der Waals surface area contributed by atoms with E-state index in [4.69, 9.17) is 4.74 Å². The van der Waals surface area contributed by atoms with Gasteiger partial charge in [-0.25, -0.2) is 0 Å². The molecule has 6 heteroatoms. The van der Waals surface area contributed by atoms with E-state index in [0.29, 0.717) is 29.3 Å². The van der Waals surface area contributed by atoms with Gasteiger partial charge in [-0.1, -0.05) is 25.1 Å². The molecule has 1 aliphatic rings. The molecule has 0 spiro atoms. The van der Waals surface area contributed by atoms with Crippen molar-refractivity contribution in [3.8, 4) is 5.75 Å². The van der Waals surface area contributed by atoms with Crippen LogP contribution in [0.5, 0.6) is 5.75 Å². The maximum absolute atomic E-state index is 13.2. The quantitative estimate of drug-likeness (QED) is 0.331. The molecule has 1 amide bonds. The predicted molar refractivity (Wildman–Crippen MR) is 127 cm³/mol. The standard InChI is InChI=1S/C27H26N2O4/c1-4-18-9-12-20(13-10-18)29-24(21-8-6-7-15-28-21)23(26(31)27(29)32)25(30)19-11-14-22(33-5-2)17(3)16-19/h6-16,24,30H,4-5H2,1-3H3/b25-23-. The van der Waals surface area contributed by atoms with Crippen molar-refractivity contribution in [3.05, 3.63) is 94.8 Å². The maximum Gasteiger partial charge on any atom is 0.300 e. The third-order valence-corrected chi connectivity index (χ3v) is 5.78. The highest BCUT2D eigenvalue weighted by Crippen LogP contribution is 2.41. The summed E-state index contributed by atoms with van der Waals surface area (Å²) in [6.07, 6.45) is 2.47. The minimum absolute atomic E-state index is 0.0156. The maximum atomic E-state index is 13.2. The van der Waals surface area contributed by atoms with Crippen molar-refractivity contribution in [3.63, 3.8) is 0 Å². The van der Waals surface area contributed by atoms with E-state index in [1.807, 2.05) is 45.0 Å². The minimum Gasteiger partial charge on any atom is -0.507 e. The SMILES string of the molecule is CCOc1ccc(/C(O)=C2/C(=O)C(=O)N(c3ccc(CC)cc3)C2c2ccccn2)cc1C. The van der Waals surface area contributed by atoms with E-state index in [9.17, 15) is 14.7 Å². The average Bonchev–Trinajstić information content (AvgIpc) is 3.11. The summed E-state index contributed by atoms with van der Waals surface area (Å²) in [5.41, 5.74) is 3.47. The van der Waals surface area contributed by atoms with Crippen molar-refractivity contribution < 1.29 is 19.4 Å². The Morgan fingerprint density at radius 1 is 1.06 bits per heavy atom. The highest BCUT2D eigenvalue weighted by atomic mass is 16.5. The van der Waals surface area contributed by atoms with Crippen LogP contribution in [0.4, 0.5) is 5.69 Å². The van der Waals surface area contributed by atoms with E-state index >= 15 is 0 Å². The number of aliphatic hydroxyl groups excluding tert-OH is 1. The number of carbonyl (C=O) groups excluding carboxylic acids is 2. The molecule has 33 heavy (non-hydrogen) atoms. The van der Waals surface area contributed by atoms with Crippen LogP contribution in [0.15, 0.2) is 72.4 Å². The van der Waals surface area contributed by atoms with Gasteiger partial charge < -0.3 is 9.84 Å². The van der Waals surface area contributed by atoms with Gasteiger partial charge in [0.05, 0.1) is 17.9 Å². The molecule has 2 aromatic carbocycles. The molecule has 1 unspecified atom stereocenters. The van der Waals surface area contributed by atoms with Crippen molar-refractivity contribution in [2.75, 3.05) is 11.5 Å². The van der Waals surface area contributed by atoms with Crippen LogP contribution in [0, 0.1) is 6.92 Å². The molecule has 0 saturated carbocycles. The summed E-state index contributed by atoms with van der Waals surface area (Å²) in [6, 6.07) is 17.2. The Hall–Kier alpha value is -3.93. The average molecular weight is 443 g/mol. The van der Waals surface area contributed by atoms with Gasteiger partial charge in [-0.15, -0.1) is 0 Å². The molecule has 2 heterocycles. The van der Waals surface area contributed by atoms with Gasteiger partial charge in [0.2, 0.25) is 0 Å². The number of ketones is 1. The zero-order valence-electron chi connectivity index (χ0n) is 18.9. The van der Waals surface area contributed by atoms with E-state index in [1.54, 1.807) is 42.6 Å². The Bertz CT molecular complexity index is 1220. The van der Waals surface area contributed by atoms with Crippen molar-refractivity contribution >= 4 is 23.1 Å². The summed E-state index contributed by atoms with van der Waals surface area (Å²) < 4.78 is 5.58. The topological polar surface area (TPSA) is 79.7 Å². The first-order chi connectivity index (χ1) is 16.0. The number of aliphatic hydroxyl groups is 1. The van der Waals surface area contributed by atoms with Crippen LogP contribution < -0.4 is 9.64 Å². The summed E-state index contributed by atoms with van der Waals surface area (Å²) in [6.45, 7) is 6.34. The number of ether oxygens (including phenoxy) is 1. The zero-order chi connectivity index (χ0) is 23.5. The van der Waals surface area contributed by atoms with Crippen LogP contribution in [-0.2, 0) is 16.0 Å². The number of nitrogens with zero attached hydrogens (tertiary/aromatic N) is 2. The van der Waals surface area contributed by atoms with Gasteiger partial charge in [0, 0.05) is 17.4 Å². The fourth-order valence-corrected chi connectivity index (χ4v) is 4.08. The fraction of sp³-hybridized carbons (Fsp3) is 0.222. The molecule has 1 fully saturated rings. The van der Waals surface area contributed by atoms with E-state index < -0.39 is 17.7 Å². The Morgan fingerprint density at radius 2 is 1.82 bits per heavy atom. The van der Waals surface area contributed by atoms with Gasteiger partial charge in [-0.3, -0.25) is 19.5 Å². The van der Waals surface area contributed by atoms with Crippen LogP contribution in [0.3, 0.4) is 0 Å². The third-order valence-electron chi connectivity index (χ3n) is 5.78. The number of anilines is 1. The van der Waals surface area contributed by atoms with E-state index in [0.717, 1.165) is 17.5 Å². The normalized spacial score (nSPS) is 17.4. The molecular weight excluding hydrogens is 416 g/mol. The second-order valence-corrected chi connectivity index (χ2v) is 7.86. The van der Waals surface area contributed by atoms with Gasteiger partial charge in [0.15, 0.2) is 0 Å². The molecule has 4 rings (SSSR count). The van der Waals surface area contributed by atoms with Crippen molar-refractivity contribution in [2.45, 2.75) is 33.2 Å². The molecular formula is C27H26N2O4. The number of carbonyl (C=O) groups is 2. The molecule has 0 aliphatic carbocycles. The number of pyridine rings is 1. The summed E-state index contributed by atoms with van der Waals surface area (Å²) >= 11 is 0. The molecule has 0 bridgehead atoms. The number of rotatable bonds is 6. The Labute approximate surface area is 193 Å². The molecule has 0 radical (unpaired) electrons. The van der Waals surface area contributed by atoms with Crippen molar-refractivity contribution in [1.29, 1.82) is 0 Å². The number of amides is 1. The number of hydrogen-bond donors (Lipinski definition) is 1. The Kier molecular flexibility index (Phi) is 6.27. The number of benzene rings is 2. The van der Waals surface area contributed by atoms with Crippen LogP contribution in [0.25, 0.3) is 5.76 Å². The predicted octanol–water partition coefficient (Wildman–Crippen LogP) is 4.98. The largest absolute Gasteiger partial charge is 0.507 e. The lowest BCUT2D eigenvalue weighted by molar-refractivity contribution is -0.132. The second kappa shape index (κ2) is 9.28. The summed E-state index contributed by atoms with van der Waals surface area (Å²) in [4.78, 5) is 32.2. The summed E-state index contributed by atoms with van der Waals surface area (Å²) in [7, 11) is 0. The smallest absolute Gasteiger partial charge is 0.300 e. The molecule has 1 saturated heterocycles. The molecule has 3 aromatic rings. The molecule has 1 aromatic heterocycles. The Morgan fingerprint density at radius 3 is 2.42 bits per heavy atom. The van der Waals surface area contributed by atoms with Gasteiger partial charge in [-0.05, 0) is 73.9 Å². The highest BCUT2D eigenvalue weighted by molar-refractivity contribution is 6.51. The molecule has 1 atom stereocenters. The lowest BCUT2D eigenvalue weighted by Crippen LogP contribution is -2.29. The molecule has 168 valence electrons. The van der Waals surface area contributed by atoms with Crippen molar-refractivity contribution in [1.82, 2.24) is 4.98 Å². The first-order valence-electron chi connectivity index (χ1n) is 11.0. The van der Waals surface area contributed by atoms with Crippen molar-refractivity contribution in [2.24, 2.45) is 0 Å². The zero-order valence-corrected chi connectivity index (χ0v) is 18.9. The summed E-state index contributed by atoms with van der Waals surface area (Å²) in [5.74, 6) is -0.969. The second-order valence-electron chi connectivity index (χ2n) is 7.86. The number of aryl methyl sites for hydroxylation is 2. The van der Waals surface area contributed by atoms with E-state index in [1.165, 1.54) is 4.90 Å². The van der Waals surface area contributed by atoms with Crippen LogP contribution in [-0.4, -0.2) is 28.4 Å². The van der Waals surface area contributed by atoms with E-state index in [2.05, 4.69) is 4.98 Å². The third kappa shape index (κ3) is 4.12. The number of aromatic nitrogens is 1. The van der Waals surface area contributed by atoms with Crippen LogP contribution >= 0.6 is 0 Å².